The van der Waals surface area contributed by atoms with E-state index >= 15 is 0 Å². The molecule has 26 heavy (non-hydrogen) atoms. The van der Waals surface area contributed by atoms with Crippen molar-refractivity contribution in [1.82, 2.24) is 5.32 Å². The van der Waals surface area contributed by atoms with Crippen LogP contribution in [-0.2, 0) is 14.3 Å². The van der Waals surface area contributed by atoms with Crippen molar-refractivity contribution in [3.63, 3.8) is 0 Å². The quantitative estimate of drug-likeness (QED) is 0.700. The number of hydrogen-bond donors (Lipinski definition) is 2. The summed E-state index contributed by atoms with van der Waals surface area (Å²) in [5, 5.41) is 5.05. The highest BCUT2D eigenvalue weighted by Gasteiger charge is 2.19. The molecule has 0 spiro atoms. The van der Waals surface area contributed by atoms with Gasteiger partial charge in [-0.1, -0.05) is 11.6 Å². The Kier molecular flexibility index (Phi) is 7.26. The van der Waals surface area contributed by atoms with Crippen LogP contribution in [0.3, 0.4) is 0 Å². The van der Waals surface area contributed by atoms with Crippen LogP contribution in [0.5, 0.6) is 11.5 Å². The molecule has 0 aliphatic carbocycles. The van der Waals surface area contributed by atoms with Gasteiger partial charge < -0.3 is 24.8 Å². The van der Waals surface area contributed by atoms with Gasteiger partial charge in [0.15, 0.2) is 0 Å². The van der Waals surface area contributed by atoms with Crippen LogP contribution < -0.4 is 20.1 Å². The van der Waals surface area contributed by atoms with Crippen LogP contribution in [-0.4, -0.2) is 39.7 Å². The summed E-state index contributed by atoms with van der Waals surface area (Å²) < 4.78 is 16.2. The molecular formula is C17H19ClN2O5S. The molecule has 2 rings (SSSR count). The molecule has 1 aromatic carbocycles. The fraction of sp³-hybridized carbons (Fsp3) is 0.294. The molecule has 0 saturated heterocycles. The summed E-state index contributed by atoms with van der Waals surface area (Å²) in [5.41, 5.74) is 0.334. The van der Waals surface area contributed by atoms with Gasteiger partial charge in [0, 0.05) is 24.6 Å². The van der Waals surface area contributed by atoms with Gasteiger partial charge >= 0.3 is 11.8 Å². The molecule has 1 atom stereocenters. The summed E-state index contributed by atoms with van der Waals surface area (Å²) in [6, 6.07) is 8.44. The molecule has 140 valence electrons. The Morgan fingerprint density at radius 2 is 1.88 bits per heavy atom. The topological polar surface area (TPSA) is 85.9 Å². The Balaban J connectivity index is 1.98. The summed E-state index contributed by atoms with van der Waals surface area (Å²) in [4.78, 5) is 25.1. The maximum atomic E-state index is 12.1. The minimum Gasteiger partial charge on any atom is -0.497 e. The zero-order valence-corrected chi connectivity index (χ0v) is 16.1. The minimum absolute atomic E-state index is 0.134. The lowest BCUT2D eigenvalue weighted by atomic mass is 10.2. The molecule has 0 radical (unpaired) electrons. The molecule has 9 heteroatoms. The summed E-state index contributed by atoms with van der Waals surface area (Å²) in [7, 11) is 4.49. The molecule has 0 bridgehead atoms. The second-order valence-electron chi connectivity index (χ2n) is 5.10. The molecular weight excluding hydrogens is 380 g/mol. The van der Waals surface area contributed by atoms with Crippen molar-refractivity contribution in [2.45, 2.75) is 6.10 Å². The first-order chi connectivity index (χ1) is 12.5. The molecule has 0 aliphatic heterocycles. The first-order valence-corrected chi connectivity index (χ1v) is 8.77. The number of benzene rings is 1. The first kappa shape index (κ1) is 20.0. The predicted molar refractivity (Wildman–Crippen MR) is 100 cm³/mol. The fourth-order valence-corrected chi connectivity index (χ4v) is 3.30. The summed E-state index contributed by atoms with van der Waals surface area (Å²) in [6.07, 6.45) is -0.393. The third kappa shape index (κ3) is 5.10. The zero-order valence-electron chi connectivity index (χ0n) is 14.5. The normalized spacial score (nSPS) is 11.5. The second kappa shape index (κ2) is 9.42. The summed E-state index contributed by atoms with van der Waals surface area (Å²) in [6.45, 7) is 0.134. The third-order valence-electron chi connectivity index (χ3n) is 3.50. The number of amides is 2. The summed E-state index contributed by atoms with van der Waals surface area (Å²) >= 11 is 7.26. The van der Waals surface area contributed by atoms with Gasteiger partial charge in [-0.2, -0.15) is 0 Å². The van der Waals surface area contributed by atoms with Gasteiger partial charge in [0.1, 0.15) is 17.6 Å². The molecule has 1 unspecified atom stereocenters. The van der Waals surface area contributed by atoms with Crippen molar-refractivity contribution in [1.29, 1.82) is 0 Å². The Hall–Kier alpha value is -2.29. The Morgan fingerprint density at radius 3 is 2.46 bits per heavy atom. The lowest BCUT2D eigenvalue weighted by Gasteiger charge is -2.15. The van der Waals surface area contributed by atoms with Crippen molar-refractivity contribution in [3.05, 3.63) is 39.5 Å². The van der Waals surface area contributed by atoms with Crippen LogP contribution in [0, 0.1) is 0 Å². The average molecular weight is 399 g/mol. The van der Waals surface area contributed by atoms with Crippen LogP contribution in [0.1, 0.15) is 11.0 Å². The monoisotopic (exact) mass is 398 g/mol. The van der Waals surface area contributed by atoms with E-state index in [1.807, 2.05) is 6.07 Å². The number of carbonyl (C=O) groups excluding carboxylic acids is 2. The van der Waals surface area contributed by atoms with Crippen molar-refractivity contribution in [3.8, 4) is 11.5 Å². The van der Waals surface area contributed by atoms with Gasteiger partial charge in [0.2, 0.25) is 0 Å². The highest BCUT2D eigenvalue weighted by atomic mass is 35.5. The number of rotatable bonds is 7. The SMILES string of the molecule is COc1ccc(OC)c(NC(=O)C(=O)NCC(OC)c2ccc(Cl)s2)c1. The van der Waals surface area contributed by atoms with E-state index < -0.39 is 17.9 Å². The zero-order chi connectivity index (χ0) is 19.1. The lowest BCUT2D eigenvalue weighted by molar-refractivity contribution is -0.136. The van der Waals surface area contributed by atoms with E-state index in [-0.39, 0.29) is 6.54 Å². The van der Waals surface area contributed by atoms with Crippen molar-refractivity contribution in [2.75, 3.05) is 33.2 Å². The highest BCUT2D eigenvalue weighted by Crippen LogP contribution is 2.29. The number of thiophene rings is 1. The molecule has 1 aromatic heterocycles. The van der Waals surface area contributed by atoms with Crippen molar-refractivity contribution >= 4 is 40.4 Å². The predicted octanol–water partition coefficient (Wildman–Crippen LogP) is 2.86. The van der Waals surface area contributed by atoms with Crippen molar-refractivity contribution < 1.29 is 23.8 Å². The van der Waals surface area contributed by atoms with E-state index in [1.54, 1.807) is 24.3 Å². The average Bonchev–Trinajstić information content (AvgIpc) is 3.08. The van der Waals surface area contributed by atoms with E-state index in [0.29, 0.717) is 21.5 Å². The van der Waals surface area contributed by atoms with Gasteiger partial charge in [-0.15, -0.1) is 11.3 Å². The number of ether oxygens (including phenoxy) is 3. The van der Waals surface area contributed by atoms with Crippen molar-refractivity contribution in [2.24, 2.45) is 0 Å². The van der Waals surface area contributed by atoms with E-state index in [0.717, 1.165) is 4.88 Å². The smallest absolute Gasteiger partial charge is 0.313 e. The Labute approximate surface area is 160 Å². The van der Waals surface area contributed by atoms with Crippen LogP contribution >= 0.6 is 22.9 Å². The molecule has 0 saturated carbocycles. The molecule has 7 nitrogen and oxygen atoms in total. The number of hydrogen-bond acceptors (Lipinski definition) is 6. The number of carbonyl (C=O) groups is 2. The third-order valence-corrected chi connectivity index (χ3v) is 4.83. The molecule has 1 heterocycles. The maximum Gasteiger partial charge on any atom is 0.313 e. The number of nitrogens with one attached hydrogen (secondary N) is 2. The van der Waals surface area contributed by atoms with Crippen LogP contribution in [0.4, 0.5) is 5.69 Å². The number of halogens is 1. The van der Waals surface area contributed by atoms with Gasteiger partial charge in [-0.25, -0.2) is 0 Å². The lowest BCUT2D eigenvalue weighted by Crippen LogP contribution is -2.37. The number of anilines is 1. The van der Waals surface area contributed by atoms with E-state index in [4.69, 9.17) is 25.8 Å². The van der Waals surface area contributed by atoms with E-state index in [2.05, 4.69) is 10.6 Å². The molecule has 2 amide bonds. The fourth-order valence-electron chi connectivity index (χ4n) is 2.16. The second-order valence-corrected chi connectivity index (χ2v) is 6.84. The first-order valence-electron chi connectivity index (χ1n) is 7.57. The maximum absolute atomic E-state index is 12.1. The van der Waals surface area contributed by atoms with Gasteiger partial charge in [-0.3, -0.25) is 9.59 Å². The van der Waals surface area contributed by atoms with Crippen LogP contribution in [0.2, 0.25) is 4.34 Å². The molecule has 0 fully saturated rings. The molecule has 0 aliphatic rings. The van der Waals surface area contributed by atoms with E-state index in [1.165, 1.54) is 32.7 Å². The van der Waals surface area contributed by atoms with Crippen LogP contribution in [0.25, 0.3) is 0 Å². The minimum atomic E-state index is -0.824. The largest absolute Gasteiger partial charge is 0.497 e. The molecule has 2 N–H and O–H groups in total. The van der Waals surface area contributed by atoms with E-state index in [9.17, 15) is 9.59 Å². The Bertz CT molecular complexity index is 780. The van der Waals surface area contributed by atoms with Gasteiger partial charge in [0.25, 0.3) is 0 Å². The standard InChI is InChI=1S/C17H19ClN2O5S/c1-23-10-4-5-12(24-2)11(8-10)20-17(22)16(21)19-9-13(25-3)14-6-7-15(18)26-14/h4-8,13H,9H2,1-3H3,(H,19,21)(H,20,22). The number of methoxy groups -OCH3 is 3. The summed E-state index contributed by atoms with van der Waals surface area (Å²) in [5.74, 6) is -0.680. The van der Waals surface area contributed by atoms with Crippen LogP contribution in [0.15, 0.2) is 30.3 Å². The Morgan fingerprint density at radius 1 is 1.12 bits per heavy atom. The molecule has 2 aromatic rings. The highest BCUT2D eigenvalue weighted by molar-refractivity contribution is 7.16. The van der Waals surface area contributed by atoms with Gasteiger partial charge in [0.05, 0.1) is 24.2 Å². The van der Waals surface area contributed by atoms with Gasteiger partial charge in [-0.05, 0) is 24.3 Å².